The first-order chi connectivity index (χ1) is 15.1. The average Bonchev–Trinajstić information content (AvgIpc) is 3.27. The summed E-state index contributed by atoms with van der Waals surface area (Å²) in [7, 11) is -3.95. The van der Waals surface area contributed by atoms with Gasteiger partial charge in [0.05, 0.1) is 33.1 Å². The third-order valence-corrected chi connectivity index (χ3v) is 7.25. The number of hydrogen-bond acceptors (Lipinski definition) is 6. The van der Waals surface area contributed by atoms with E-state index in [0.717, 1.165) is 11.6 Å². The highest BCUT2D eigenvalue weighted by molar-refractivity contribution is 7.92. The maximum Gasteiger partial charge on any atom is 0.259 e. The van der Waals surface area contributed by atoms with Gasteiger partial charge in [0.15, 0.2) is 9.84 Å². The predicted octanol–water partition coefficient (Wildman–Crippen LogP) is 4.39. The minimum atomic E-state index is -3.95. The molecule has 32 heavy (non-hydrogen) atoms. The normalized spacial score (nSPS) is 12.2. The molecule has 2 aromatic carbocycles. The number of amides is 2. The van der Waals surface area contributed by atoms with E-state index >= 15 is 0 Å². The van der Waals surface area contributed by atoms with Crippen LogP contribution in [0.2, 0.25) is 5.02 Å². The van der Waals surface area contributed by atoms with Crippen molar-refractivity contribution in [1.29, 1.82) is 0 Å². The van der Waals surface area contributed by atoms with Crippen LogP contribution in [-0.2, 0) is 14.6 Å². The molecule has 0 aliphatic carbocycles. The molecule has 8 nitrogen and oxygen atoms in total. The molecule has 3 rings (SSSR count). The number of halogens is 1. The zero-order valence-electron chi connectivity index (χ0n) is 17.3. The maximum absolute atomic E-state index is 13.0. The lowest BCUT2D eigenvalue weighted by molar-refractivity contribution is -0.115. The standard InChI is InChI=1S/C22H21ClN2O6S/c1-3-20(32(29,30)15-6-4-5-13(2)9-15)22(28)24-17-11-19(26)18(10-16(17)23)25-21(27)14-7-8-31-12-14/h4-12,20,26H,3H2,1-2H3,(H,24,28)(H,25,27). The monoisotopic (exact) mass is 476 g/mol. The van der Waals surface area contributed by atoms with Crippen molar-refractivity contribution in [1.82, 2.24) is 0 Å². The topological polar surface area (TPSA) is 126 Å². The van der Waals surface area contributed by atoms with Crippen LogP contribution in [0.25, 0.3) is 0 Å². The lowest BCUT2D eigenvalue weighted by Gasteiger charge is -2.18. The second kappa shape index (κ2) is 9.46. The van der Waals surface area contributed by atoms with E-state index in [-0.39, 0.29) is 39.0 Å². The number of furan rings is 1. The molecule has 2 amide bonds. The fourth-order valence-corrected chi connectivity index (χ4v) is 5.00. The summed E-state index contributed by atoms with van der Waals surface area (Å²) in [6.45, 7) is 3.35. The Bertz CT molecular complexity index is 1260. The highest BCUT2D eigenvalue weighted by Crippen LogP contribution is 2.34. The van der Waals surface area contributed by atoms with Gasteiger partial charge in [-0.05, 0) is 43.2 Å². The Labute approximate surface area is 190 Å². The molecule has 0 fully saturated rings. The van der Waals surface area contributed by atoms with E-state index in [1.54, 1.807) is 26.0 Å². The van der Waals surface area contributed by atoms with Crippen molar-refractivity contribution in [3.05, 3.63) is 71.1 Å². The van der Waals surface area contributed by atoms with Gasteiger partial charge in [-0.1, -0.05) is 30.7 Å². The fraction of sp³-hybridized carbons (Fsp3) is 0.182. The van der Waals surface area contributed by atoms with E-state index < -0.39 is 26.9 Å². The van der Waals surface area contributed by atoms with Gasteiger partial charge in [0.25, 0.3) is 5.91 Å². The molecule has 0 bridgehead atoms. The molecule has 0 radical (unpaired) electrons. The number of phenols is 1. The summed E-state index contributed by atoms with van der Waals surface area (Å²) in [4.78, 5) is 25.0. The first-order valence-corrected chi connectivity index (χ1v) is 11.5. The Balaban J connectivity index is 1.82. The van der Waals surface area contributed by atoms with Crippen molar-refractivity contribution < 1.29 is 27.5 Å². The van der Waals surface area contributed by atoms with Gasteiger partial charge in [-0.15, -0.1) is 0 Å². The lowest BCUT2D eigenvalue weighted by atomic mass is 10.2. The summed E-state index contributed by atoms with van der Waals surface area (Å²) in [6.07, 6.45) is 2.60. The summed E-state index contributed by atoms with van der Waals surface area (Å²) in [5.74, 6) is -1.68. The first kappa shape index (κ1) is 23.4. The van der Waals surface area contributed by atoms with Gasteiger partial charge in [0.1, 0.15) is 17.3 Å². The number of aromatic hydroxyl groups is 1. The summed E-state index contributed by atoms with van der Waals surface area (Å²) in [5.41, 5.74) is 1.01. The van der Waals surface area contributed by atoms with Gasteiger partial charge < -0.3 is 20.2 Å². The molecular formula is C22H21ClN2O6S. The van der Waals surface area contributed by atoms with Crippen LogP contribution >= 0.6 is 11.6 Å². The van der Waals surface area contributed by atoms with Crippen LogP contribution in [0.4, 0.5) is 11.4 Å². The van der Waals surface area contributed by atoms with Gasteiger partial charge in [-0.2, -0.15) is 0 Å². The Kier molecular flexibility index (Phi) is 6.90. The average molecular weight is 477 g/mol. The van der Waals surface area contributed by atoms with Crippen LogP contribution in [0.3, 0.4) is 0 Å². The van der Waals surface area contributed by atoms with E-state index in [2.05, 4.69) is 10.6 Å². The van der Waals surface area contributed by atoms with Crippen LogP contribution in [0, 0.1) is 6.92 Å². The summed E-state index contributed by atoms with van der Waals surface area (Å²) in [6, 6.07) is 10.1. The summed E-state index contributed by atoms with van der Waals surface area (Å²) < 4.78 is 30.8. The van der Waals surface area contributed by atoms with E-state index in [4.69, 9.17) is 16.0 Å². The van der Waals surface area contributed by atoms with E-state index in [0.29, 0.717) is 0 Å². The molecule has 0 saturated carbocycles. The van der Waals surface area contributed by atoms with Crippen LogP contribution in [-0.4, -0.2) is 30.6 Å². The molecule has 10 heteroatoms. The summed E-state index contributed by atoms with van der Waals surface area (Å²) >= 11 is 6.21. The van der Waals surface area contributed by atoms with E-state index in [9.17, 15) is 23.1 Å². The molecular weight excluding hydrogens is 456 g/mol. The van der Waals surface area contributed by atoms with Crippen LogP contribution in [0.5, 0.6) is 5.75 Å². The van der Waals surface area contributed by atoms with Crippen molar-refractivity contribution in [2.24, 2.45) is 0 Å². The smallest absolute Gasteiger partial charge is 0.259 e. The SMILES string of the molecule is CCC(C(=O)Nc1cc(O)c(NC(=O)c2ccoc2)cc1Cl)S(=O)(=O)c1cccc(C)c1. The minimum Gasteiger partial charge on any atom is -0.506 e. The molecule has 0 aliphatic heterocycles. The molecule has 1 unspecified atom stereocenters. The van der Waals surface area contributed by atoms with Gasteiger partial charge in [-0.25, -0.2) is 8.42 Å². The Hall–Kier alpha value is -3.30. The first-order valence-electron chi connectivity index (χ1n) is 9.61. The number of sulfone groups is 1. The van der Waals surface area contributed by atoms with Crippen LogP contribution < -0.4 is 10.6 Å². The Morgan fingerprint density at radius 1 is 1.12 bits per heavy atom. The molecule has 0 spiro atoms. The number of rotatable bonds is 7. The van der Waals surface area contributed by atoms with Gasteiger partial charge >= 0.3 is 0 Å². The molecule has 1 aromatic heterocycles. The number of aryl methyl sites for hydroxylation is 1. The molecule has 3 N–H and O–H groups in total. The Morgan fingerprint density at radius 2 is 1.88 bits per heavy atom. The summed E-state index contributed by atoms with van der Waals surface area (Å²) in [5, 5.41) is 13.9. The third-order valence-electron chi connectivity index (χ3n) is 4.73. The van der Waals surface area contributed by atoms with E-state index in [1.165, 1.54) is 36.8 Å². The minimum absolute atomic E-state index is 0.00134. The predicted molar refractivity (Wildman–Crippen MR) is 121 cm³/mol. The molecule has 168 valence electrons. The fourth-order valence-electron chi connectivity index (χ4n) is 3.06. The lowest BCUT2D eigenvalue weighted by Crippen LogP contribution is -2.34. The van der Waals surface area contributed by atoms with Crippen molar-refractivity contribution >= 4 is 44.6 Å². The van der Waals surface area contributed by atoms with Crippen molar-refractivity contribution in [3.8, 4) is 5.75 Å². The number of nitrogens with one attached hydrogen (secondary N) is 2. The molecule has 0 saturated heterocycles. The number of carbonyl (C=O) groups is 2. The van der Waals surface area contributed by atoms with Gasteiger partial charge in [0, 0.05) is 6.07 Å². The van der Waals surface area contributed by atoms with Crippen molar-refractivity contribution in [2.75, 3.05) is 10.6 Å². The number of carbonyl (C=O) groups excluding carboxylic acids is 2. The zero-order chi connectivity index (χ0) is 23.5. The third kappa shape index (κ3) is 4.95. The van der Waals surface area contributed by atoms with Gasteiger partial charge in [0.2, 0.25) is 5.91 Å². The number of anilines is 2. The van der Waals surface area contributed by atoms with Crippen LogP contribution in [0.15, 0.2) is 64.3 Å². The van der Waals surface area contributed by atoms with Gasteiger partial charge in [-0.3, -0.25) is 9.59 Å². The number of benzene rings is 2. The molecule has 1 heterocycles. The number of hydrogen-bond donors (Lipinski definition) is 3. The second-order valence-electron chi connectivity index (χ2n) is 7.06. The highest BCUT2D eigenvalue weighted by Gasteiger charge is 2.33. The largest absolute Gasteiger partial charge is 0.506 e. The highest BCUT2D eigenvalue weighted by atomic mass is 35.5. The van der Waals surface area contributed by atoms with Crippen molar-refractivity contribution in [3.63, 3.8) is 0 Å². The zero-order valence-corrected chi connectivity index (χ0v) is 18.8. The quantitative estimate of drug-likeness (QED) is 0.434. The van der Waals surface area contributed by atoms with Crippen LogP contribution in [0.1, 0.15) is 29.3 Å². The molecule has 1 atom stereocenters. The Morgan fingerprint density at radius 3 is 2.50 bits per heavy atom. The molecule has 3 aromatic rings. The second-order valence-corrected chi connectivity index (χ2v) is 9.60. The van der Waals surface area contributed by atoms with E-state index in [1.807, 2.05) is 0 Å². The van der Waals surface area contributed by atoms with Crippen molar-refractivity contribution in [2.45, 2.75) is 30.4 Å². The number of phenolic OH excluding ortho intramolecular Hbond substituents is 1. The maximum atomic E-state index is 13.0. The molecule has 0 aliphatic rings.